The molecule has 0 saturated carbocycles. The highest BCUT2D eigenvalue weighted by Gasteiger charge is 2.31. The third kappa shape index (κ3) is 7.52. The van der Waals surface area contributed by atoms with Gasteiger partial charge in [-0.15, -0.1) is 0 Å². The van der Waals surface area contributed by atoms with Gasteiger partial charge in [0, 0.05) is 39.3 Å². The maximum absolute atomic E-state index is 13.6. The van der Waals surface area contributed by atoms with Crippen LogP contribution in [-0.4, -0.2) is 34.6 Å². The van der Waals surface area contributed by atoms with Crippen molar-refractivity contribution in [1.82, 2.24) is 0 Å². The van der Waals surface area contributed by atoms with Crippen LogP contribution >= 0.6 is 33.9 Å². The minimum Gasteiger partial charge on any atom is -0.461 e. The first-order valence-corrected chi connectivity index (χ1v) is 14.1. The lowest BCUT2D eigenvalue weighted by Gasteiger charge is -2.32. The van der Waals surface area contributed by atoms with Crippen LogP contribution in [0.15, 0.2) is 47.4 Å². The van der Waals surface area contributed by atoms with E-state index in [1.54, 1.807) is 19.1 Å². The van der Waals surface area contributed by atoms with Crippen molar-refractivity contribution >= 4 is 64.6 Å². The van der Waals surface area contributed by atoms with Crippen molar-refractivity contribution in [2.75, 3.05) is 10.1 Å². The molecule has 2 rings (SSSR count). The Hall–Kier alpha value is -1.52. The molecule has 0 heterocycles. The predicted molar refractivity (Wildman–Crippen MR) is 126 cm³/mol. The van der Waals surface area contributed by atoms with Crippen LogP contribution in [0.25, 0.3) is 0 Å². The molecule has 0 aliphatic heterocycles. The lowest BCUT2D eigenvalue weighted by atomic mass is 10.1. The number of esters is 1. The van der Waals surface area contributed by atoms with E-state index in [2.05, 4.69) is 0 Å². The summed E-state index contributed by atoms with van der Waals surface area (Å²) in [5, 5.41) is 0.646. The van der Waals surface area contributed by atoms with Gasteiger partial charge in [0.05, 0.1) is 16.3 Å². The Morgan fingerprint density at radius 3 is 2.19 bits per heavy atom. The summed E-state index contributed by atoms with van der Waals surface area (Å²) in [4.78, 5) is 11.3. The standard InChI is InChI=1S/C20H22Cl3NO6S2/c1-14(4-3-11-31(23,26)27)24(32(28,29)19-9-7-17(21)8-10-19)20-12-18(22)6-5-16(20)13-30-15(2)25/h5-10,12,14H,3-4,11,13H2,1-2H3. The Bertz CT molecular complexity index is 1170. The van der Waals surface area contributed by atoms with E-state index in [-0.39, 0.29) is 40.8 Å². The van der Waals surface area contributed by atoms with Gasteiger partial charge in [-0.1, -0.05) is 29.3 Å². The smallest absolute Gasteiger partial charge is 0.302 e. The monoisotopic (exact) mass is 541 g/mol. The largest absolute Gasteiger partial charge is 0.461 e. The molecule has 0 aliphatic rings. The number of benzene rings is 2. The number of carbonyl (C=O) groups is 1. The van der Waals surface area contributed by atoms with E-state index in [0.717, 1.165) is 4.31 Å². The van der Waals surface area contributed by atoms with Crippen molar-refractivity contribution in [2.24, 2.45) is 0 Å². The lowest BCUT2D eigenvalue weighted by molar-refractivity contribution is -0.142. The SMILES string of the molecule is CC(=O)OCc1ccc(Cl)cc1N(C(C)CCCS(=O)(=O)Cl)S(=O)(=O)c1ccc(Cl)cc1. The molecule has 0 spiro atoms. The molecule has 0 bridgehead atoms. The second-order valence-corrected chi connectivity index (χ2v) is 12.6. The Kier molecular flexibility index (Phi) is 9.25. The predicted octanol–water partition coefficient (Wildman–Crippen LogP) is 4.99. The summed E-state index contributed by atoms with van der Waals surface area (Å²) >= 11 is 12.1. The van der Waals surface area contributed by atoms with Crippen LogP contribution in [0, 0.1) is 0 Å². The maximum Gasteiger partial charge on any atom is 0.302 e. The number of anilines is 1. The van der Waals surface area contributed by atoms with Gasteiger partial charge >= 0.3 is 5.97 Å². The molecule has 0 fully saturated rings. The molecule has 2 aromatic rings. The summed E-state index contributed by atoms with van der Waals surface area (Å²) in [5.41, 5.74) is 0.633. The third-order valence-corrected chi connectivity index (χ3v) is 8.17. The zero-order chi connectivity index (χ0) is 24.1. The van der Waals surface area contributed by atoms with Gasteiger partial charge in [0.1, 0.15) is 6.61 Å². The molecule has 7 nitrogen and oxygen atoms in total. The minimum atomic E-state index is -4.12. The Morgan fingerprint density at radius 1 is 1.03 bits per heavy atom. The van der Waals surface area contributed by atoms with Gasteiger partial charge in [0.2, 0.25) is 9.05 Å². The summed E-state index contributed by atoms with van der Waals surface area (Å²) in [7, 11) is -2.55. The molecule has 0 radical (unpaired) electrons. The van der Waals surface area contributed by atoms with E-state index >= 15 is 0 Å². The van der Waals surface area contributed by atoms with Gasteiger partial charge in [-0.05, 0) is 56.2 Å². The molecule has 1 unspecified atom stereocenters. The van der Waals surface area contributed by atoms with E-state index in [1.807, 2.05) is 0 Å². The van der Waals surface area contributed by atoms with Crippen molar-refractivity contribution in [3.63, 3.8) is 0 Å². The van der Waals surface area contributed by atoms with Gasteiger partial charge in [0.15, 0.2) is 0 Å². The summed E-state index contributed by atoms with van der Waals surface area (Å²) < 4.78 is 56.1. The highest BCUT2D eigenvalue weighted by atomic mass is 35.7. The molecule has 0 aromatic heterocycles. The molecule has 32 heavy (non-hydrogen) atoms. The molecular weight excluding hydrogens is 521 g/mol. The molecule has 2 aromatic carbocycles. The topological polar surface area (TPSA) is 97.8 Å². The molecule has 0 N–H and O–H groups in total. The van der Waals surface area contributed by atoms with Gasteiger partial charge in [-0.3, -0.25) is 9.10 Å². The molecule has 1 atom stereocenters. The zero-order valence-electron chi connectivity index (χ0n) is 17.3. The number of halogens is 3. The van der Waals surface area contributed by atoms with Crippen LogP contribution in [0.5, 0.6) is 0 Å². The zero-order valence-corrected chi connectivity index (χ0v) is 21.2. The van der Waals surface area contributed by atoms with Gasteiger partial charge in [-0.2, -0.15) is 0 Å². The van der Waals surface area contributed by atoms with Crippen LogP contribution in [0.3, 0.4) is 0 Å². The van der Waals surface area contributed by atoms with E-state index in [9.17, 15) is 21.6 Å². The summed E-state index contributed by atoms with van der Waals surface area (Å²) in [6.07, 6.45) is 0.331. The third-order valence-electron chi connectivity index (χ3n) is 4.50. The van der Waals surface area contributed by atoms with Gasteiger partial charge in [-0.25, -0.2) is 16.8 Å². The Balaban J connectivity index is 2.57. The average molecular weight is 543 g/mol. The first-order chi connectivity index (χ1) is 14.8. The first-order valence-electron chi connectivity index (χ1n) is 9.45. The Morgan fingerprint density at radius 2 is 1.62 bits per heavy atom. The summed E-state index contributed by atoms with van der Waals surface area (Å²) in [6, 6.07) is 9.56. The number of carbonyl (C=O) groups excluding carboxylic acids is 1. The number of hydrogen-bond acceptors (Lipinski definition) is 6. The fourth-order valence-electron chi connectivity index (χ4n) is 3.04. The van der Waals surface area contributed by atoms with Crippen molar-refractivity contribution in [2.45, 2.75) is 44.2 Å². The number of hydrogen-bond donors (Lipinski definition) is 0. The van der Waals surface area contributed by atoms with Crippen LogP contribution in [0.4, 0.5) is 5.69 Å². The molecule has 0 amide bonds. The number of sulfonamides is 1. The molecule has 0 saturated heterocycles. The van der Waals surface area contributed by atoms with Crippen molar-refractivity contribution < 1.29 is 26.4 Å². The lowest BCUT2D eigenvalue weighted by Crippen LogP contribution is -2.39. The second kappa shape index (κ2) is 11.1. The highest BCUT2D eigenvalue weighted by molar-refractivity contribution is 8.13. The number of nitrogens with zero attached hydrogens (tertiary/aromatic N) is 1. The summed E-state index contributed by atoms with van der Waals surface area (Å²) in [5.74, 6) is -0.831. The fraction of sp³-hybridized carbons (Fsp3) is 0.350. The second-order valence-electron chi connectivity index (χ2n) is 7.04. The van der Waals surface area contributed by atoms with Gasteiger partial charge in [0.25, 0.3) is 10.0 Å². The minimum absolute atomic E-state index is 0.0165. The maximum atomic E-state index is 13.6. The molecule has 0 aliphatic carbocycles. The number of ether oxygens (including phenoxy) is 1. The van der Waals surface area contributed by atoms with Crippen molar-refractivity contribution in [3.05, 3.63) is 58.1 Å². The van der Waals surface area contributed by atoms with Crippen LogP contribution < -0.4 is 4.31 Å². The molecular formula is C20H22Cl3NO6S2. The van der Waals surface area contributed by atoms with Crippen molar-refractivity contribution in [1.29, 1.82) is 0 Å². The van der Waals surface area contributed by atoms with E-state index in [1.165, 1.54) is 37.3 Å². The summed E-state index contributed by atoms with van der Waals surface area (Å²) in [6.45, 7) is 2.72. The average Bonchev–Trinajstić information content (AvgIpc) is 2.66. The fourth-order valence-corrected chi connectivity index (χ4v) is 5.88. The van der Waals surface area contributed by atoms with E-state index < -0.39 is 31.1 Å². The molecule has 176 valence electrons. The highest BCUT2D eigenvalue weighted by Crippen LogP contribution is 2.34. The quantitative estimate of drug-likeness (QED) is 0.310. The number of rotatable bonds is 10. The van der Waals surface area contributed by atoms with Crippen LogP contribution in [0.1, 0.15) is 32.3 Å². The Labute approximate surface area is 202 Å². The van der Waals surface area contributed by atoms with Crippen LogP contribution in [0.2, 0.25) is 10.0 Å². The molecule has 12 heteroatoms. The van der Waals surface area contributed by atoms with Crippen molar-refractivity contribution in [3.8, 4) is 0 Å². The van der Waals surface area contributed by atoms with E-state index in [0.29, 0.717) is 10.6 Å². The van der Waals surface area contributed by atoms with Gasteiger partial charge < -0.3 is 4.74 Å². The normalized spacial score (nSPS) is 12.9. The van der Waals surface area contributed by atoms with E-state index in [4.69, 9.17) is 38.6 Å². The van der Waals surface area contributed by atoms with Crippen LogP contribution in [-0.2, 0) is 35.2 Å². The first kappa shape index (κ1) is 26.7.